The van der Waals surface area contributed by atoms with Crippen molar-refractivity contribution in [1.82, 2.24) is 15.0 Å². The quantitative estimate of drug-likeness (QED) is 0.395. The summed E-state index contributed by atoms with van der Waals surface area (Å²) < 4.78 is 30.8. The number of hydrogen-bond donors (Lipinski definition) is 2. The van der Waals surface area contributed by atoms with Gasteiger partial charge in [-0.25, -0.2) is 18.7 Å². The Morgan fingerprint density at radius 1 is 1.28 bits per heavy atom. The van der Waals surface area contributed by atoms with E-state index in [0.29, 0.717) is 5.69 Å². The summed E-state index contributed by atoms with van der Waals surface area (Å²) in [5.74, 6) is -2.13. The van der Waals surface area contributed by atoms with Gasteiger partial charge in [-0.05, 0) is 75.3 Å². The second-order valence-corrected chi connectivity index (χ2v) is 7.52. The first kappa shape index (κ1) is 18.1. The average molecular weight is 521 g/mol. The SMILES string of the molecule is Cc1cc(I)ccc1Nc1c(-c2n[nH]n(C)c2=O)cc(Br)c(F)c1F. The molecule has 5 nitrogen and oxygen atoms in total. The van der Waals surface area contributed by atoms with Gasteiger partial charge in [0, 0.05) is 21.9 Å². The molecule has 1 heterocycles. The van der Waals surface area contributed by atoms with E-state index in [1.54, 1.807) is 6.07 Å². The second kappa shape index (κ2) is 6.87. The van der Waals surface area contributed by atoms with Crippen LogP contribution >= 0.6 is 38.5 Å². The number of H-pyrrole nitrogens is 1. The number of nitrogens with one attached hydrogen (secondary N) is 2. The molecule has 25 heavy (non-hydrogen) atoms. The summed E-state index contributed by atoms with van der Waals surface area (Å²) in [6, 6.07) is 6.85. The standard InChI is InChI=1S/C16H12BrF2IN4O/c1-7-5-8(20)3-4-11(7)21-14-9(6-10(17)12(18)13(14)19)15-16(25)24(2)23-22-15/h3-6,21,23H,1-2H3. The van der Waals surface area contributed by atoms with Crippen LogP contribution in [0.15, 0.2) is 33.5 Å². The number of anilines is 2. The van der Waals surface area contributed by atoms with E-state index in [1.807, 2.05) is 19.1 Å². The molecule has 0 saturated heterocycles. The maximum absolute atomic E-state index is 14.6. The van der Waals surface area contributed by atoms with Crippen LogP contribution in [0.2, 0.25) is 0 Å². The van der Waals surface area contributed by atoms with Crippen LogP contribution in [0.25, 0.3) is 11.3 Å². The molecule has 0 spiro atoms. The minimum absolute atomic E-state index is 0.00670. The molecule has 0 aliphatic rings. The fourth-order valence-electron chi connectivity index (χ4n) is 2.36. The lowest BCUT2D eigenvalue weighted by Crippen LogP contribution is -2.14. The highest BCUT2D eigenvalue weighted by atomic mass is 127. The first-order valence-corrected chi connectivity index (χ1v) is 8.99. The summed E-state index contributed by atoms with van der Waals surface area (Å²) in [6.07, 6.45) is 0. The lowest BCUT2D eigenvalue weighted by Gasteiger charge is -2.15. The van der Waals surface area contributed by atoms with Gasteiger partial charge < -0.3 is 5.32 Å². The number of rotatable bonds is 3. The first-order valence-electron chi connectivity index (χ1n) is 7.12. The molecule has 2 N–H and O–H groups in total. The molecule has 130 valence electrons. The number of nitrogens with zero attached hydrogens (tertiary/aromatic N) is 2. The van der Waals surface area contributed by atoms with E-state index in [1.165, 1.54) is 13.1 Å². The Morgan fingerprint density at radius 3 is 2.60 bits per heavy atom. The zero-order valence-electron chi connectivity index (χ0n) is 13.1. The summed E-state index contributed by atoms with van der Waals surface area (Å²) in [4.78, 5) is 12.2. The van der Waals surface area contributed by atoms with Gasteiger partial charge in [0.05, 0.1) is 10.2 Å². The van der Waals surface area contributed by atoms with E-state index < -0.39 is 17.2 Å². The lowest BCUT2D eigenvalue weighted by atomic mass is 10.1. The molecular weight excluding hydrogens is 509 g/mol. The first-order chi connectivity index (χ1) is 11.8. The van der Waals surface area contributed by atoms with Crippen LogP contribution in [0.4, 0.5) is 20.2 Å². The monoisotopic (exact) mass is 520 g/mol. The third-order valence-electron chi connectivity index (χ3n) is 3.68. The van der Waals surface area contributed by atoms with Gasteiger partial charge in [0.15, 0.2) is 17.3 Å². The fourth-order valence-corrected chi connectivity index (χ4v) is 3.41. The zero-order valence-corrected chi connectivity index (χ0v) is 16.9. The smallest absolute Gasteiger partial charge is 0.294 e. The van der Waals surface area contributed by atoms with Crippen molar-refractivity contribution in [2.24, 2.45) is 7.05 Å². The van der Waals surface area contributed by atoms with Crippen molar-refractivity contribution in [1.29, 1.82) is 0 Å². The van der Waals surface area contributed by atoms with Gasteiger partial charge in [-0.3, -0.25) is 4.79 Å². The van der Waals surface area contributed by atoms with Gasteiger partial charge in [0.25, 0.3) is 5.56 Å². The predicted octanol–water partition coefficient (Wildman–Crippen LogP) is 4.47. The molecule has 0 unspecified atom stereocenters. The molecule has 0 atom stereocenters. The molecule has 1 aromatic heterocycles. The van der Waals surface area contributed by atoms with Gasteiger partial charge in [-0.1, -0.05) is 0 Å². The molecule has 2 aromatic carbocycles. The number of halogens is 4. The van der Waals surface area contributed by atoms with E-state index in [-0.39, 0.29) is 21.4 Å². The Hall–Kier alpha value is -1.75. The molecular formula is C16H12BrF2IN4O. The maximum atomic E-state index is 14.6. The third kappa shape index (κ3) is 3.34. The lowest BCUT2D eigenvalue weighted by molar-refractivity contribution is 0.507. The summed E-state index contributed by atoms with van der Waals surface area (Å²) in [5.41, 5.74) is 1.03. The minimum Gasteiger partial charge on any atom is -0.352 e. The van der Waals surface area contributed by atoms with Gasteiger partial charge in [-0.15, -0.1) is 0 Å². The Morgan fingerprint density at radius 2 is 2.00 bits per heavy atom. The van der Waals surface area contributed by atoms with E-state index in [9.17, 15) is 13.6 Å². The van der Waals surface area contributed by atoms with Crippen molar-refractivity contribution < 1.29 is 8.78 Å². The Balaban J connectivity index is 2.22. The average Bonchev–Trinajstić information content (AvgIpc) is 2.89. The summed E-state index contributed by atoms with van der Waals surface area (Å²) in [6.45, 7) is 1.85. The molecule has 0 radical (unpaired) electrons. The summed E-state index contributed by atoms with van der Waals surface area (Å²) >= 11 is 5.14. The van der Waals surface area contributed by atoms with Crippen LogP contribution in [0.1, 0.15) is 5.56 Å². The van der Waals surface area contributed by atoms with Crippen molar-refractivity contribution in [2.45, 2.75) is 6.92 Å². The summed E-state index contributed by atoms with van der Waals surface area (Å²) in [5, 5.41) is 9.30. The molecule has 9 heteroatoms. The summed E-state index contributed by atoms with van der Waals surface area (Å²) in [7, 11) is 1.49. The number of hydrogen-bond acceptors (Lipinski definition) is 3. The second-order valence-electron chi connectivity index (χ2n) is 5.42. The molecule has 0 aliphatic carbocycles. The van der Waals surface area contributed by atoms with Gasteiger partial charge in [-0.2, -0.15) is 5.10 Å². The molecule has 0 amide bonds. The largest absolute Gasteiger partial charge is 0.352 e. The van der Waals surface area contributed by atoms with Crippen LogP contribution < -0.4 is 10.9 Å². The fraction of sp³-hybridized carbons (Fsp3) is 0.125. The normalized spacial score (nSPS) is 11.0. The van der Waals surface area contributed by atoms with E-state index in [2.05, 4.69) is 54.1 Å². The van der Waals surface area contributed by atoms with Crippen molar-refractivity contribution in [3.8, 4) is 11.3 Å². The van der Waals surface area contributed by atoms with Crippen LogP contribution in [0, 0.1) is 22.1 Å². The highest BCUT2D eigenvalue weighted by molar-refractivity contribution is 14.1. The molecule has 0 fully saturated rings. The van der Waals surface area contributed by atoms with E-state index >= 15 is 0 Å². The van der Waals surface area contributed by atoms with Gasteiger partial charge >= 0.3 is 0 Å². The Kier molecular flexibility index (Phi) is 4.96. The highest BCUT2D eigenvalue weighted by Crippen LogP contribution is 2.36. The van der Waals surface area contributed by atoms with Crippen LogP contribution in [-0.4, -0.2) is 15.0 Å². The number of aryl methyl sites for hydroxylation is 2. The van der Waals surface area contributed by atoms with Gasteiger partial charge in [0.1, 0.15) is 0 Å². The molecule has 0 saturated carbocycles. The topological polar surface area (TPSA) is 62.7 Å². The van der Waals surface area contributed by atoms with Crippen LogP contribution in [0.3, 0.4) is 0 Å². The van der Waals surface area contributed by atoms with E-state index in [4.69, 9.17) is 0 Å². The highest BCUT2D eigenvalue weighted by Gasteiger charge is 2.22. The minimum atomic E-state index is -1.09. The number of benzene rings is 2. The molecule has 0 aliphatic heterocycles. The molecule has 3 aromatic rings. The molecule has 3 rings (SSSR count). The van der Waals surface area contributed by atoms with Crippen molar-refractivity contribution in [2.75, 3.05) is 5.32 Å². The predicted molar refractivity (Wildman–Crippen MR) is 104 cm³/mol. The van der Waals surface area contributed by atoms with Crippen molar-refractivity contribution >= 4 is 49.9 Å². The van der Waals surface area contributed by atoms with Crippen molar-refractivity contribution in [3.05, 3.63) is 59.9 Å². The van der Waals surface area contributed by atoms with Crippen molar-refractivity contribution in [3.63, 3.8) is 0 Å². The Bertz CT molecular complexity index is 1030. The van der Waals surface area contributed by atoms with Gasteiger partial charge in [0.2, 0.25) is 0 Å². The number of aromatic amines is 1. The third-order valence-corrected chi connectivity index (χ3v) is 4.93. The van der Waals surface area contributed by atoms with Crippen LogP contribution in [-0.2, 0) is 7.05 Å². The van der Waals surface area contributed by atoms with E-state index in [0.717, 1.165) is 13.8 Å². The maximum Gasteiger partial charge on any atom is 0.294 e. The van der Waals surface area contributed by atoms with Crippen LogP contribution in [0.5, 0.6) is 0 Å². The Labute approximate surface area is 163 Å². The zero-order chi connectivity index (χ0) is 18.3. The number of aromatic nitrogens is 3. The molecule has 0 bridgehead atoms.